The lowest BCUT2D eigenvalue weighted by molar-refractivity contribution is -0.114. The quantitative estimate of drug-likeness (QED) is 0.589. The number of hydrogen-bond donors (Lipinski definition) is 1. The van der Waals surface area contributed by atoms with Crippen molar-refractivity contribution in [1.82, 2.24) is 4.72 Å². The number of carbonyl (C=O) groups is 2. The van der Waals surface area contributed by atoms with Gasteiger partial charge in [0.05, 0.1) is 17.6 Å². The summed E-state index contributed by atoms with van der Waals surface area (Å²) < 4.78 is 31.4. The maximum absolute atomic E-state index is 12.1. The molecule has 2 rings (SSSR count). The number of hydrogen-bond acceptors (Lipinski definition) is 5. The molecule has 0 saturated carbocycles. The Labute approximate surface area is 153 Å². The fourth-order valence-electron chi connectivity index (χ4n) is 1.86. The van der Waals surface area contributed by atoms with Crippen LogP contribution in [0.25, 0.3) is 6.08 Å². The lowest BCUT2D eigenvalue weighted by Gasteiger charge is -2.04. The van der Waals surface area contributed by atoms with Crippen molar-refractivity contribution in [3.8, 4) is 0 Å². The molecule has 0 heterocycles. The summed E-state index contributed by atoms with van der Waals surface area (Å²) in [5, 5.41) is 0. The van der Waals surface area contributed by atoms with Gasteiger partial charge in [-0.05, 0) is 48.0 Å². The average Bonchev–Trinajstić information content (AvgIpc) is 2.59. The second-order valence-electron chi connectivity index (χ2n) is 4.87. The normalized spacial score (nSPS) is 11.3. The smallest absolute Gasteiger partial charge is 0.337 e. The molecule has 25 heavy (non-hydrogen) atoms. The van der Waals surface area contributed by atoms with Crippen LogP contribution in [0.4, 0.5) is 0 Å². The number of rotatable bonds is 5. The Morgan fingerprint density at radius 1 is 1.04 bits per heavy atom. The van der Waals surface area contributed by atoms with Crippen molar-refractivity contribution in [3.63, 3.8) is 0 Å². The number of methoxy groups -OCH3 is 1. The molecule has 0 atom stereocenters. The van der Waals surface area contributed by atoms with Gasteiger partial charge in [0.15, 0.2) is 0 Å². The molecule has 0 unspecified atom stereocenters. The molecule has 1 N–H and O–H groups in total. The van der Waals surface area contributed by atoms with Crippen molar-refractivity contribution < 1.29 is 22.7 Å². The average molecular weight is 424 g/mol. The highest BCUT2D eigenvalue weighted by Gasteiger charge is 2.15. The summed E-state index contributed by atoms with van der Waals surface area (Å²) in [5.74, 6) is -1.24. The van der Waals surface area contributed by atoms with Crippen molar-refractivity contribution in [2.45, 2.75) is 4.90 Å². The van der Waals surface area contributed by atoms with Crippen LogP contribution in [0, 0.1) is 0 Å². The second kappa shape index (κ2) is 8.09. The Morgan fingerprint density at radius 3 is 2.20 bits per heavy atom. The van der Waals surface area contributed by atoms with Gasteiger partial charge in [-0.25, -0.2) is 17.9 Å². The molecule has 1 amide bonds. The van der Waals surface area contributed by atoms with Crippen LogP contribution >= 0.6 is 15.9 Å². The van der Waals surface area contributed by atoms with Gasteiger partial charge >= 0.3 is 5.97 Å². The highest BCUT2D eigenvalue weighted by atomic mass is 79.9. The largest absolute Gasteiger partial charge is 0.465 e. The third kappa shape index (κ3) is 5.27. The van der Waals surface area contributed by atoms with Gasteiger partial charge in [0.1, 0.15) is 0 Å². The minimum atomic E-state index is -3.93. The zero-order chi connectivity index (χ0) is 18.4. The monoisotopic (exact) mass is 423 g/mol. The molecule has 0 radical (unpaired) electrons. The fraction of sp³-hybridized carbons (Fsp3) is 0.0588. The summed E-state index contributed by atoms with van der Waals surface area (Å²) in [6.07, 6.45) is 2.54. The summed E-state index contributed by atoms with van der Waals surface area (Å²) in [7, 11) is -2.65. The predicted molar refractivity (Wildman–Crippen MR) is 96.3 cm³/mol. The van der Waals surface area contributed by atoms with Crippen LogP contribution in [0.2, 0.25) is 0 Å². The standard InChI is InChI=1S/C17H14BrNO5S/c1-24-17(21)13-5-2-12(3-6-13)4-11-16(20)19-25(22,23)15-9-7-14(18)8-10-15/h2-11H,1H3,(H,19,20)/b11-4+. The van der Waals surface area contributed by atoms with E-state index in [9.17, 15) is 18.0 Å². The van der Waals surface area contributed by atoms with Crippen LogP contribution in [0.3, 0.4) is 0 Å². The summed E-state index contributed by atoms with van der Waals surface area (Å²) in [5.41, 5.74) is 1.01. The van der Waals surface area contributed by atoms with E-state index >= 15 is 0 Å². The molecule has 0 bridgehead atoms. The van der Waals surface area contributed by atoms with Crippen LogP contribution in [0.1, 0.15) is 15.9 Å². The molecular weight excluding hydrogens is 410 g/mol. The number of carbonyl (C=O) groups excluding carboxylic acids is 2. The first-order valence-electron chi connectivity index (χ1n) is 7.00. The van der Waals surface area contributed by atoms with Gasteiger partial charge in [0, 0.05) is 10.5 Å². The lowest BCUT2D eigenvalue weighted by atomic mass is 10.1. The van der Waals surface area contributed by atoms with Gasteiger partial charge in [0.25, 0.3) is 15.9 Å². The number of sulfonamides is 1. The molecular formula is C17H14BrNO5S. The van der Waals surface area contributed by atoms with E-state index in [0.717, 1.165) is 10.5 Å². The molecule has 0 aliphatic rings. The van der Waals surface area contributed by atoms with Crippen LogP contribution in [-0.2, 0) is 19.6 Å². The van der Waals surface area contributed by atoms with Crippen LogP contribution in [0.15, 0.2) is 64.0 Å². The van der Waals surface area contributed by atoms with E-state index in [1.807, 2.05) is 4.72 Å². The minimum absolute atomic E-state index is 0.0140. The molecule has 130 valence electrons. The zero-order valence-corrected chi connectivity index (χ0v) is 15.5. The summed E-state index contributed by atoms with van der Waals surface area (Å²) in [6, 6.07) is 12.2. The third-order valence-corrected chi connectivity index (χ3v) is 5.01. The third-order valence-electron chi connectivity index (χ3n) is 3.12. The molecule has 2 aromatic rings. The predicted octanol–water partition coefficient (Wildman–Crippen LogP) is 2.75. The van der Waals surface area contributed by atoms with E-state index in [1.54, 1.807) is 36.4 Å². The highest BCUT2D eigenvalue weighted by molar-refractivity contribution is 9.10. The topological polar surface area (TPSA) is 89.5 Å². The summed E-state index contributed by atoms with van der Waals surface area (Å²) in [6.45, 7) is 0. The molecule has 0 saturated heterocycles. The molecule has 6 nitrogen and oxygen atoms in total. The maximum Gasteiger partial charge on any atom is 0.337 e. The number of benzene rings is 2. The number of amides is 1. The first-order chi connectivity index (χ1) is 11.8. The molecule has 0 aromatic heterocycles. The van der Waals surface area contributed by atoms with Gasteiger partial charge < -0.3 is 4.74 Å². The first-order valence-corrected chi connectivity index (χ1v) is 9.28. The van der Waals surface area contributed by atoms with Crippen molar-refractivity contribution >= 4 is 43.9 Å². The van der Waals surface area contributed by atoms with Crippen molar-refractivity contribution in [1.29, 1.82) is 0 Å². The number of halogens is 1. The summed E-state index contributed by atoms with van der Waals surface area (Å²) in [4.78, 5) is 23.1. The maximum atomic E-state index is 12.1. The molecule has 8 heteroatoms. The van der Waals surface area contributed by atoms with Crippen molar-refractivity contribution in [3.05, 3.63) is 70.2 Å². The number of esters is 1. The fourth-order valence-corrected chi connectivity index (χ4v) is 3.07. The molecule has 0 aliphatic carbocycles. The SMILES string of the molecule is COC(=O)c1ccc(/C=C/C(=O)NS(=O)(=O)c2ccc(Br)cc2)cc1. The second-order valence-corrected chi connectivity index (χ2v) is 7.47. The highest BCUT2D eigenvalue weighted by Crippen LogP contribution is 2.14. The van der Waals surface area contributed by atoms with Gasteiger partial charge in [0.2, 0.25) is 0 Å². The van der Waals surface area contributed by atoms with E-state index < -0.39 is 21.9 Å². The lowest BCUT2D eigenvalue weighted by Crippen LogP contribution is -2.28. The zero-order valence-electron chi connectivity index (χ0n) is 13.1. The molecule has 0 aliphatic heterocycles. The van der Waals surface area contributed by atoms with Gasteiger partial charge in [-0.15, -0.1) is 0 Å². The Balaban J connectivity index is 2.05. The van der Waals surface area contributed by atoms with Crippen molar-refractivity contribution in [2.24, 2.45) is 0 Å². The molecule has 0 fully saturated rings. The van der Waals surface area contributed by atoms with E-state index in [2.05, 4.69) is 20.7 Å². The number of ether oxygens (including phenoxy) is 1. The summed E-state index contributed by atoms with van der Waals surface area (Å²) >= 11 is 3.21. The Morgan fingerprint density at radius 2 is 1.64 bits per heavy atom. The number of nitrogens with one attached hydrogen (secondary N) is 1. The van der Waals surface area contributed by atoms with Crippen LogP contribution in [0.5, 0.6) is 0 Å². The Kier molecular flexibility index (Phi) is 6.11. The minimum Gasteiger partial charge on any atom is -0.465 e. The molecule has 0 spiro atoms. The van der Waals surface area contributed by atoms with E-state index in [1.165, 1.54) is 25.3 Å². The van der Waals surface area contributed by atoms with Gasteiger partial charge in [-0.1, -0.05) is 28.1 Å². The van der Waals surface area contributed by atoms with Crippen LogP contribution in [-0.4, -0.2) is 27.4 Å². The van der Waals surface area contributed by atoms with Crippen LogP contribution < -0.4 is 4.72 Å². The first kappa shape index (κ1) is 18.9. The van der Waals surface area contributed by atoms with E-state index in [0.29, 0.717) is 11.1 Å². The van der Waals surface area contributed by atoms with E-state index in [-0.39, 0.29) is 4.90 Å². The van der Waals surface area contributed by atoms with Crippen molar-refractivity contribution in [2.75, 3.05) is 7.11 Å². The molecule has 2 aromatic carbocycles. The Hall–Kier alpha value is -2.45. The van der Waals surface area contributed by atoms with E-state index in [4.69, 9.17) is 0 Å². The van der Waals surface area contributed by atoms with Gasteiger partial charge in [-0.3, -0.25) is 4.79 Å². The Bertz CT molecular complexity index is 903. The van der Waals surface area contributed by atoms with Gasteiger partial charge in [-0.2, -0.15) is 0 Å².